The van der Waals surface area contributed by atoms with Crippen molar-refractivity contribution in [1.82, 2.24) is 19.9 Å². The van der Waals surface area contributed by atoms with Crippen molar-refractivity contribution in [1.29, 1.82) is 0 Å². The number of aryl methyl sites for hydroxylation is 2. The maximum absolute atomic E-state index is 12.4. The lowest BCUT2D eigenvalue weighted by atomic mass is 10.1. The lowest BCUT2D eigenvalue weighted by molar-refractivity contribution is -0.133. The molecule has 1 saturated heterocycles. The normalized spacial score (nSPS) is 15.7. The Kier molecular flexibility index (Phi) is 5.25. The Hall–Kier alpha value is -2.21. The average molecular weight is 328 g/mol. The van der Waals surface area contributed by atoms with Crippen LogP contribution in [0.4, 0.5) is 0 Å². The summed E-state index contributed by atoms with van der Waals surface area (Å²) in [5.41, 5.74) is 3.04. The molecule has 1 fully saturated rings. The molecule has 0 saturated carbocycles. The fraction of sp³-hybridized carbons (Fsp3) is 0.500. The van der Waals surface area contributed by atoms with Gasteiger partial charge < -0.3 is 9.42 Å². The van der Waals surface area contributed by atoms with Crippen molar-refractivity contribution in [2.24, 2.45) is 0 Å². The smallest absolute Gasteiger partial charge is 0.222 e. The Morgan fingerprint density at radius 3 is 2.62 bits per heavy atom. The van der Waals surface area contributed by atoms with Crippen LogP contribution in [0.5, 0.6) is 0 Å². The van der Waals surface area contributed by atoms with Gasteiger partial charge in [-0.15, -0.1) is 0 Å². The zero-order valence-electron chi connectivity index (χ0n) is 14.4. The topological polar surface area (TPSA) is 62.5 Å². The van der Waals surface area contributed by atoms with Crippen LogP contribution < -0.4 is 0 Å². The molecule has 128 valence electrons. The van der Waals surface area contributed by atoms with E-state index >= 15 is 0 Å². The minimum Gasteiger partial charge on any atom is -0.361 e. The van der Waals surface area contributed by atoms with E-state index in [0.717, 1.165) is 55.4 Å². The number of piperazine rings is 1. The molecule has 2 aromatic heterocycles. The number of hydrogen-bond acceptors (Lipinski definition) is 5. The molecule has 0 bridgehead atoms. The van der Waals surface area contributed by atoms with Crippen LogP contribution in [0, 0.1) is 13.8 Å². The standard InChI is InChI=1S/C18H24N4O2/c1-14-17(15(2)24-20-14)6-7-18(23)22-11-9-21(10-12-22)13-16-5-3-4-8-19-16/h3-5,8H,6-7,9-13H2,1-2H3. The van der Waals surface area contributed by atoms with Crippen molar-refractivity contribution < 1.29 is 9.32 Å². The number of carbonyl (C=O) groups is 1. The Balaban J connectivity index is 1.45. The van der Waals surface area contributed by atoms with Crippen molar-refractivity contribution in [3.8, 4) is 0 Å². The molecule has 6 nitrogen and oxygen atoms in total. The molecule has 6 heteroatoms. The Bertz CT molecular complexity index is 656. The first-order chi connectivity index (χ1) is 11.6. The third-order valence-corrected chi connectivity index (χ3v) is 4.61. The van der Waals surface area contributed by atoms with Crippen LogP contribution in [0.25, 0.3) is 0 Å². The van der Waals surface area contributed by atoms with Crippen LogP contribution in [-0.2, 0) is 17.8 Å². The monoisotopic (exact) mass is 328 g/mol. The van der Waals surface area contributed by atoms with Crippen LogP contribution in [0.2, 0.25) is 0 Å². The van der Waals surface area contributed by atoms with E-state index in [1.54, 1.807) is 0 Å². The summed E-state index contributed by atoms with van der Waals surface area (Å²) >= 11 is 0. The first-order valence-corrected chi connectivity index (χ1v) is 8.45. The molecule has 1 amide bonds. The quantitative estimate of drug-likeness (QED) is 0.840. The van der Waals surface area contributed by atoms with E-state index < -0.39 is 0 Å². The predicted molar refractivity (Wildman–Crippen MR) is 90.4 cm³/mol. The highest BCUT2D eigenvalue weighted by atomic mass is 16.5. The number of hydrogen-bond donors (Lipinski definition) is 0. The van der Waals surface area contributed by atoms with Crippen molar-refractivity contribution in [2.45, 2.75) is 33.2 Å². The lowest BCUT2D eigenvalue weighted by Crippen LogP contribution is -2.48. The lowest BCUT2D eigenvalue weighted by Gasteiger charge is -2.34. The minimum atomic E-state index is 0.215. The SMILES string of the molecule is Cc1noc(C)c1CCC(=O)N1CCN(Cc2ccccn2)CC1. The maximum Gasteiger partial charge on any atom is 0.222 e. The highest BCUT2D eigenvalue weighted by molar-refractivity contribution is 5.76. The zero-order chi connectivity index (χ0) is 16.9. The Morgan fingerprint density at radius 1 is 1.21 bits per heavy atom. The van der Waals surface area contributed by atoms with Gasteiger partial charge in [-0.3, -0.25) is 14.7 Å². The molecule has 0 radical (unpaired) electrons. The van der Waals surface area contributed by atoms with Crippen molar-refractivity contribution in [3.05, 3.63) is 47.1 Å². The van der Waals surface area contributed by atoms with Gasteiger partial charge in [0, 0.05) is 50.9 Å². The van der Waals surface area contributed by atoms with E-state index in [1.165, 1.54) is 0 Å². The summed E-state index contributed by atoms with van der Waals surface area (Å²) in [6, 6.07) is 5.98. The zero-order valence-corrected chi connectivity index (χ0v) is 14.4. The van der Waals surface area contributed by atoms with Gasteiger partial charge in [0.2, 0.25) is 5.91 Å². The second-order valence-corrected chi connectivity index (χ2v) is 6.28. The van der Waals surface area contributed by atoms with Crippen LogP contribution in [-0.4, -0.2) is 52.0 Å². The summed E-state index contributed by atoms with van der Waals surface area (Å²) in [4.78, 5) is 21.1. The van der Waals surface area contributed by atoms with E-state index in [0.29, 0.717) is 12.8 Å². The molecule has 0 spiro atoms. The Labute approximate surface area is 142 Å². The van der Waals surface area contributed by atoms with Gasteiger partial charge >= 0.3 is 0 Å². The first-order valence-electron chi connectivity index (χ1n) is 8.45. The van der Waals surface area contributed by atoms with Gasteiger partial charge in [0.05, 0.1) is 11.4 Å². The van der Waals surface area contributed by atoms with Crippen molar-refractivity contribution >= 4 is 5.91 Å². The summed E-state index contributed by atoms with van der Waals surface area (Å²) in [5, 5.41) is 3.94. The van der Waals surface area contributed by atoms with Crippen LogP contribution >= 0.6 is 0 Å². The van der Waals surface area contributed by atoms with Crippen LogP contribution in [0.3, 0.4) is 0 Å². The van der Waals surface area contributed by atoms with Gasteiger partial charge in [-0.1, -0.05) is 11.2 Å². The predicted octanol–water partition coefficient (Wildman–Crippen LogP) is 1.96. The number of nitrogens with zero attached hydrogens (tertiary/aromatic N) is 4. The van der Waals surface area contributed by atoms with Gasteiger partial charge in [-0.25, -0.2) is 0 Å². The molecule has 1 aliphatic heterocycles. The molecule has 24 heavy (non-hydrogen) atoms. The first kappa shape index (κ1) is 16.6. The molecule has 3 rings (SSSR count). The summed E-state index contributed by atoms with van der Waals surface area (Å²) < 4.78 is 5.16. The highest BCUT2D eigenvalue weighted by Gasteiger charge is 2.22. The van der Waals surface area contributed by atoms with Crippen LogP contribution in [0.15, 0.2) is 28.9 Å². The fourth-order valence-corrected chi connectivity index (χ4v) is 3.12. The number of amides is 1. The number of pyridine rings is 1. The molecule has 0 aromatic carbocycles. The summed E-state index contributed by atoms with van der Waals surface area (Å²) in [7, 11) is 0. The number of rotatable bonds is 5. The van der Waals surface area contributed by atoms with E-state index in [4.69, 9.17) is 4.52 Å². The minimum absolute atomic E-state index is 0.215. The second-order valence-electron chi connectivity index (χ2n) is 6.28. The summed E-state index contributed by atoms with van der Waals surface area (Å²) in [6.07, 6.45) is 3.04. The molecule has 0 N–H and O–H groups in total. The third kappa shape index (κ3) is 4.00. The van der Waals surface area contributed by atoms with Gasteiger partial charge in [-0.05, 0) is 32.4 Å². The van der Waals surface area contributed by atoms with E-state index in [1.807, 2.05) is 43.1 Å². The molecule has 0 unspecified atom stereocenters. The summed E-state index contributed by atoms with van der Waals surface area (Å²) in [5.74, 6) is 1.04. The maximum atomic E-state index is 12.4. The largest absolute Gasteiger partial charge is 0.361 e. The molecular weight excluding hydrogens is 304 g/mol. The Morgan fingerprint density at radius 2 is 2.00 bits per heavy atom. The van der Waals surface area contributed by atoms with Crippen LogP contribution in [0.1, 0.15) is 29.1 Å². The van der Waals surface area contributed by atoms with Gasteiger partial charge in [0.1, 0.15) is 5.76 Å². The van der Waals surface area contributed by atoms with Gasteiger partial charge in [0.15, 0.2) is 0 Å². The molecule has 2 aromatic rings. The van der Waals surface area contributed by atoms with Gasteiger partial charge in [-0.2, -0.15) is 0 Å². The highest BCUT2D eigenvalue weighted by Crippen LogP contribution is 2.15. The number of aromatic nitrogens is 2. The second kappa shape index (κ2) is 7.57. The molecule has 0 atom stereocenters. The summed E-state index contributed by atoms with van der Waals surface area (Å²) in [6.45, 7) is 8.03. The number of carbonyl (C=O) groups excluding carboxylic acids is 1. The van der Waals surface area contributed by atoms with Crippen molar-refractivity contribution in [2.75, 3.05) is 26.2 Å². The average Bonchev–Trinajstić information content (AvgIpc) is 2.92. The molecule has 3 heterocycles. The van der Waals surface area contributed by atoms with Crippen molar-refractivity contribution in [3.63, 3.8) is 0 Å². The molecule has 0 aliphatic carbocycles. The van der Waals surface area contributed by atoms with Gasteiger partial charge in [0.25, 0.3) is 0 Å². The van der Waals surface area contributed by atoms with E-state index in [2.05, 4.69) is 15.0 Å². The van der Waals surface area contributed by atoms with E-state index in [-0.39, 0.29) is 5.91 Å². The van der Waals surface area contributed by atoms with E-state index in [9.17, 15) is 4.79 Å². The molecule has 1 aliphatic rings. The molecular formula is C18H24N4O2. The third-order valence-electron chi connectivity index (χ3n) is 4.61. The fourth-order valence-electron chi connectivity index (χ4n) is 3.12.